The summed E-state index contributed by atoms with van der Waals surface area (Å²) in [6, 6.07) is 2.95. The first-order valence-electron chi connectivity index (χ1n) is 8.06. The molecule has 0 aromatic heterocycles. The topological polar surface area (TPSA) is 75.7 Å². The lowest BCUT2D eigenvalue weighted by molar-refractivity contribution is -0.153. The van der Waals surface area contributed by atoms with Crippen molar-refractivity contribution in [2.24, 2.45) is 11.8 Å². The van der Waals surface area contributed by atoms with Gasteiger partial charge in [-0.25, -0.2) is 0 Å². The van der Waals surface area contributed by atoms with Crippen LogP contribution in [0, 0.1) is 11.8 Å². The Morgan fingerprint density at radius 2 is 1.96 bits per heavy atom. The minimum Gasteiger partial charge on any atom is -0.455 e. The highest BCUT2D eigenvalue weighted by molar-refractivity contribution is 6.31. The van der Waals surface area contributed by atoms with E-state index in [4.69, 9.17) is 16.3 Å². The molecule has 148 valence electrons. The second kappa shape index (κ2) is 8.16. The SMILES string of the molecule is CC1CC1C(=O)OCC(=O)N(C)CC(=O)Nc1ccc(Cl)c(C(F)(F)F)c1. The van der Waals surface area contributed by atoms with E-state index in [9.17, 15) is 27.6 Å². The highest BCUT2D eigenvalue weighted by Gasteiger charge is 2.40. The van der Waals surface area contributed by atoms with Gasteiger partial charge in [0.2, 0.25) is 5.91 Å². The van der Waals surface area contributed by atoms with Crippen LogP contribution < -0.4 is 5.32 Å². The van der Waals surface area contributed by atoms with E-state index in [1.807, 2.05) is 6.92 Å². The van der Waals surface area contributed by atoms with Gasteiger partial charge in [-0.15, -0.1) is 0 Å². The van der Waals surface area contributed by atoms with Crippen LogP contribution in [0.3, 0.4) is 0 Å². The molecule has 1 aromatic carbocycles. The summed E-state index contributed by atoms with van der Waals surface area (Å²) in [6.07, 6.45) is -3.93. The number of anilines is 1. The van der Waals surface area contributed by atoms with Crippen molar-refractivity contribution in [3.05, 3.63) is 28.8 Å². The standard InChI is InChI=1S/C17H18ClF3N2O4/c1-9-5-11(9)16(26)27-8-15(25)23(2)7-14(24)22-10-3-4-13(18)12(6-10)17(19,20)21/h3-4,6,9,11H,5,7-8H2,1-2H3,(H,22,24). The van der Waals surface area contributed by atoms with Gasteiger partial charge in [-0.2, -0.15) is 13.2 Å². The summed E-state index contributed by atoms with van der Waals surface area (Å²) in [5.74, 6) is -1.69. The molecular weight excluding hydrogens is 389 g/mol. The Kier molecular flexibility index (Phi) is 6.35. The van der Waals surface area contributed by atoms with Crippen LogP contribution in [0.25, 0.3) is 0 Å². The van der Waals surface area contributed by atoms with Crippen LogP contribution in [0.5, 0.6) is 0 Å². The molecule has 6 nitrogen and oxygen atoms in total. The van der Waals surface area contributed by atoms with Gasteiger partial charge in [-0.1, -0.05) is 18.5 Å². The molecule has 2 amide bonds. The summed E-state index contributed by atoms with van der Waals surface area (Å²) in [4.78, 5) is 36.4. The number of hydrogen-bond donors (Lipinski definition) is 1. The van der Waals surface area contributed by atoms with E-state index in [1.165, 1.54) is 13.1 Å². The summed E-state index contributed by atoms with van der Waals surface area (Å²) in [5, 5.41) is 1.78. The van der Waals surface area contributed by atoms with Crippen LogP contribution in [0.4, 0.5) is 18.9 Å². The zero-order chi connectivity index (χ0) is 20.4. The average molecular weight is 407 g/mol. The molecule has 2 unspecified atom stereocenters. The molecule has 0 saturated heterocycles. The number of nitrogens with one attached hydrogen (secondary N) is 1. The third-order valence-electron chi connectivity index (χ3n) is 4.11. The fourth-order valence-electron chi connectivity index (χ4n) is 2.32. The van der Waals surface area contributed by atoms with Crippen LogP contribution in [0.15, 0.2) is 18.2 Å². The lowest BCUT2D eigenvalue weighted by atomic mass is 10.2. The maximum atomic E-state index is 12.8. The van der Waals surface area contributed by atoms with Gasteiger partial charge in [0.25, 0.3) is 5.91 Å². The van der Waals surface area contributed by atoms with Crippen LogP contribution in [-0.2, 0) is 25.3 Å². The van der Waals surface area contributed by atoms with Crippen LogP contribution in [0.1, 0.15) is 18.9 Å². The number of esters is 1. The predicted octanol–water partition coefficient (Wildman–Crippen LogP) is 2.95. The Balaban J connectivity index is 1.85. The highest BCUT2D eigenvalue weighted by Crippen LogP contribution is 2.38. The molecule has 0 radical (unpaired) electrons. The molecule has 1 saturated carbocycles. The van der Waals surface area contributed by atoms with Gasteiger partial charge in [-0.05, 0) is 30.5 Å². The average Bonchev–Trinajstić information content (AvgIpc) is 3.29. The second-order valence-corrected chi connectivity index (χ2v) is 6.82. The molecule has 1 aliphatic rings. The number of carbonyl (C=O) groups is 3. The molecule has 1 fully saturated rings. The third kappa shape index (κ3) is 5.85. The summed E-state index contributed by atoms with van der Waals surface area (Å²) in [5.41, 5.74) is -1.18. The summed E-state index contributed by atoms with van der Waals surface area (Å²) in [7, 11) is 1.32. The van der Waals surface area contributed by atoms with Gasteiger partial charge in [-0.3, -0.25) is 14.4 Å². The molecule has 0 aliphatic heterocycles. The van der Waals surface area contributed by atoms with Crippen LogP contribution in [-0.4, -0.2) is 42.9 Å². The van der Waals surface area contributed by atoms with E-state index in [1.54, 1.807) is 0 Å². The van der Waals surface area contributed by atoms with Gasteiger partial charge >= 0.3 is 12.1 Å². The van der Waals surface area contributed by atoms with Crippen molar-refractivity contribution < 1.29 is 32.3 Å². The van der Waals surface area contributed by atoms with Crippen molar-refractivity contribution in [1.82, 2.24) is 4.90 Å². The van der Waals surface area contributed by atoms with E-state index < -0.39 is 47.7 Å². The zero-order valence-electron chi connectivity index (χ0n) is 14.6. The molecule has 1 aromatic rings. The number of benzene rings is 1. The molecule has 10 heteroatoms. The number of carbonyl (C=O) groups excluding carboxylic acids is 3. The molecule has 2 atom stereocenters. The molecule has 27 heavy (non-hydrogen) atoms. The van der Waals surface area contributed by atoms with E-state index in [-0.39, 0.29) is 17.5 Å². The number of ether oxygens (including phenoxy) is 1. The van der Waals surface area contributed by atoms with Crippen molar-refractivity contribution in [3.8, 4) is 0 Å². The van der Waals surface area contributed by atoms with Crippen LogP contribution in [0.2, 0.25) is 5.02 Å². The Morgan fingerprint density at radius 3 is 2.52 bits per heavy atom. The number of alkyl halides is 3. The van der Waals surface area contributed by atoms with Crippen molar-refractivity contribution in [2.75, 3.05) is 25.5 Å². The lowest BCUT2D eigenvalue weighted by Gasteiger charge is -2.17. The van der Waals surface area contributed by atoms with Crippen molar-refractivity contribution in [3.63, 3.8) is 0 Å². The Morgan fingerprint density at radius 1 is 1.33 bits per heavy atom. The summed E-state index contributed by atoms with van der Waals surface area (Å²) in [6.45, 7) is 0.983. The summed E-state index contributed by atoms with van der Waals surface area (Å²) < 4.78 is 43.4. The first-order chi connectivity index (χ1) is 12.5. The first kappa shape index (κ1) is 21.0. The van der Waals surface area contributed by atoms with Crippen molar-refractivity contribution >= 4 is 35.1 Å². The van der Waals surface area contributed by atoms with Gasteiger partial charge < -0.3 is 15.0 Å². The number of hydrogen-bond acceptors (Lipinski definition) is 4. The zero-order valence-corrected chi connectivity index (χ0v) is 15.4. The monoisotopic (exact) mass is 406 g/mol. The summed E-state index contributed by atoms with van der Waals surface area (Å²) >= 11 is 5.51. The smallest absolute Gasteiger partial charge is 0.417 e. The normalized spacial score (nSPS) is 18.6. The van der Waals surface area contributed by atoms with Gasteiger partial charge in [0.15, 0.2) is 6.61 Å². The van der Waals surface area contributed by atoms with Crippen LogP contribution >= 0.6 is 11.6 Å². The number of nitrogens with zero attached hydrogens (tertiary/aromatic N) is 1. The second-order valence-electron chi connectivity index (χ2n) is 6.42. The molecular formula is C17H18ClF3N2O4. The van der Waals surface area contributed by atoms with E-state index >= 15 is 0 Å². The van der Waals surface area contributed by atoms with E-state index in [0.717, 1.165) is 17.4 Å². The van der Waals surface area contributed by atoms with Gasteiger partial charge in [0.1, 0.15) is 0 Å². The number of amides is 2. The molecule has 0 bridgehead atoms. The Hall–Kier alpha value is -2.29. The molecule has 1 N–H and O–H groups in total. The molecule has 2 rings (SSSR count). The fraction of sp³-hybridized carbons (Fsp3) is 0.471. The van der Waals surface area contributed by atoms with Crippen molar-refractivity contribution in [1.29, 1.82) is 0 Å². The maximum Gasteiger partial charge on any atom is 0.417 e. The Labute approximate surface area is 158 Å². The quantitative estimate of drug-likeness (QED) is 0.737. The minimum atomic E-state index is -4.66. The van der Waals surface area contributed by atoms with E-state index in [0.29, 0.717) is 6.07 Å². The predicted molar refractivity (Wildman–Crippen MR) is 91.0 cm³/mol. The molecule has 1 aliphatic carbocycles. The number of rotatable bonds is 6. The number of halogens is 4. The minimum absolute atomic E-state index is 0.105. The third-order valence-corrected chi connectivity index (χ3v) is 4.44. The lowest BCUT2D eigenvalue weighted by Crippen LogP contribution is -2.37. The first-order valence-corrected chi connectivity index (χ1v) is 8.44. The molecule has 0 spiro atoms. The largest absolute Gasteiger partial charge is 0.455 e. The van der Waals surface area contributed by atoms with Gasteiger partial charge in [0, 0.05) is 12.7 Å². The van der Waals surface area contributed by atoms with Crippen molar-refractivity contribution in [2.45, 2.75) is 19.5 Å². The number of likely N-dealkylation sites (N-methyl/N-ethyl adjacent to an activating group) is 1. The highest BCUT2D eigenvalue weighted by atomic mass is 35.5. The molecule has 0 heterocycles. The Bertz CT molecular complexity index is 754. The van der Waals surface area contributed by atoms with Gasteiger partial charge in [0.05, 0.1) is 23.0 Å². The van der Waals surface area contributed by atoms with E-state index in [2.05, 4.69) is 5.32 Å². The fourth-order valence-corrected chi connectivity index (χ4v) is 2.55. The maximum absolute atomic E-state index is 12.8.